The monoisotopic (exact) mass is 630 g/mol. The molecule has 0 saturated heterocycles. The lowest BCUT2D eigenvalue weighted by atomic mass is 9.83. The summed E-state index contributed by atoms with van der Waals surface area (Å²) in [5.74, 6) is -1.63. The van der Waals surface area contributed by atoms with Crippen molar-refractivity contribution in [3.8, 4) is 0 Å². The molecule has 0 N–H and O–H groups in total. The average molecular weight is 631 g/mol. The topological polar surface area (TPSA) is 105 Å². The molecule has 2 aromatic carbocycles. The number of carbonyl (C=O) groups is 4. The van der Waals surface area contributed by atoms with E-state index in [0.717, 1.165) is 56.9 Å². The van der Waals surface area contributed by atoms with Gasteiger partial charge in [-0.2, -0.15) is 0 Å². The first-order valence-electron chi connectivity index (χ1n) is 16.9. The van der Waals surface area contributed by atoms with Crippen LogP contribution >= 0.6 is 0 Å². The van der Waals surface area contributed by atoms with Crippen LogP contribution in [-0.2, 0) is 35.0 Å². The number of hydrogen-bond donors (Lipinski definition) is 0. The average Bonchev–Trinajstić information content (AvgIpc) is 3.06. The Bertz CT molecular complexity index is 1680. The number of carbonyl (C=O) groups excluding carboxylic acids is 4. The maximum Gasteiger partial charge on any atom is 0.513 e. The van der Waals surface area contributed by atoms with Crippen LogP contribution in [0.1, 0.15) is 103 Å². The molecule has 0 amide bonds. The zero-order valence-electron chi connectivity index (χ0n) is 27.4. The molecule has 0 aromatic heterocycles. The number of unbranched alkanes of at least 4 members (excludes halogenated alkanes) is 10. The van der Waals surface area contributed by atoms with Crippen LogP contribution in [0.4, 0.5) is 9.59 Å². The second-order valence-electron chi connectivity index (χ2n) is 11.8. The predicted molar refractivity (Wildman–Crippen MR) is 176 cm³/mol. The quantitative estimate of drug-likeness (QED) is 0.163. The van der Waals surface area contributed by atoms with Gasteiger partial charge < -0.3 is 18.9 Å². The SMILES string of the molecule is CCCCCCCCOC(=O)OC1=c2ccccc2=C2C(=O)C(OC(=O)OCCCCCCCC)=c3cc(CC)ccc3=C2C1=O. The molecule has 2 aliphatic carbocycles. The molecule has 4 rings (SSSR count). The van der Waals surface area contributed by atoms with E-state index >= 15 is 0 Å². The van der Waals surface area contributed by atoms with Crippen molar-refractivity contribution in [1.82, 2.24) is 0 Å². The van der Waals surface area contributed by atoms with Gasteiger partial charge in [0.1, 0.15) is 0 Å². The van der Waals surface area contributed by atoms with Crippen LogP contribution in [-0.4, -0.2) is 37.1 Å². The zero-order chi connectivity index (χ0) is 32.9. The molecular formula is C38H46O8. The normalized spacial score (nSPS) is 13.6. The molecule has 0 fully saturated rings. The van der Waals surface area contributed by atoms with Gasteiger partial charge in [0, 0.05) is 21.6 Å². The van der Waals surface area contributed by atoms with E-state index in [-0.39, 0.29) is 41.1 Å². The summed E-state index contributed by atoms with van der Waals surface area (Å²) < 4.78 is 21.8. The highest BCUT2D eigenvalue weighted by atomic mass is 16.7. The van der Waals surface area contributed by atoms with Crippen LogP contribution in [0.2, 0.25) is 0 Å². The molecule has 0 saturated carbocycles. The maximum absolute atomic E-state index is 14.1. The van der Waals surface area contributed by atoms with E-state index in [9.17, 15) is 19.2 Å². The Labute approximate surface area is 270 Å². The summed E-state index contributed by atoms with van der Waals surface area (Å²) in [6.45, 7) is 6.66. The summed E-state index contributed by atoms with van der Waals surface area (Å²) in [5.41, 5.74) is 1.07. The van der Waals surface area contributed by atoms with Gasteiger partial charge in [0.15, 0.2) is 11.5 Å². The van der Waals surface area contributed by atoms with Gasteiger partial charge in [-0.3, -0.25) is 9.59 Å². The molecule has 0 radical (unpaired) electrons. The summed E-state index contributed by atoms with van der Waals surface area (Å²) in [6, 6.07) is 12.1. The van der Waals surface area contributed by atoms with Gasteiger partial charge in [-0.05, 0) is 41.3 Å². The van der Waals surface area contributed by atoms with Crippen LogP contribution in [0.25, 0.3) is 22.7 Å². The number of benzene rings is 2. The molecule has 2 aromatic rings. The molecule has 8 nitrogen and oxygen atoms in total. The first kappa shape index (κ1) is 34.7. The molecule has 2 aliphatic rings. The maximum atomic E-state index is 14.1. The van der Waals surface area contributed by atoms with E-state index in [2.05, 4.69) is 13.8 Å². The Morgan fingerprint density at radius 2 is 1.00 bits per heavy atom. The number of hydrogen-bond acceptors (Lipinski definition) is 8. The number of aryl methyl sites for hydroxylation is 1. The van der Waals surface area contributed by atoms with Gasteiger partial charge in [0.25, 0.3) is 0 Å². The summed E-state index contributed by atoms with van der Waals surface area (Å²) >= 11 is 0. The van der Waals surface area contributed by atoms with Crippen LogP contribution in [0, 0.1) is 0 Å². The lowest BCUT2D eigenvalue weighted by Crippen LogP contribution is -2.48. The Hall–Kier alpha value is -4.20. The largest absolute Gasteiger partial charge is 0.513 e. The minimum absolute atomic E-state index is 0.0869. The van der Waals surface area contributed by atoms with Crippen molar-refractivity contribution in [2.75, 3.05) is 13.2 Å². The first-order chi connectivity index (χ1) is 22.4. The van der Waals surface area contributed by atoms with Gasteiger partial charge in [0.05, 0.1) is 13.2 Å². The highest BCUT2D eigenvalue weighted by molar-refractivity contribution is 6.58. The molecular weight excluding hydrogens is 584 g/mol. The Morgan fingerprint density at radius 3 is 1.52 bits per heavy atom. The van der Waals surface area contributed by atoms with Gasteiger partial charge in [-0.25, -0.2) is 9.59 Å². The third-order valence-corrected chi connectivity index (χ3v) is 8.37. The number of Topliss-reactive ketones (excluding diaryl/α,β-unsaturated/α-hetero) is 2. The van der Waals surface area contributed by atoms with E-state index in [1.807, 2.05) is 13.0 Å². The predicted octanol–water partition coefficient (Wildman–Crippen LogP) is 5.66. The minimum Gasteiger partial charge on any atom is -0.434 e. The van der Waals surface area contributed by atoms with Gasteiger partial charge in [0.2, 0.25) is 11.6 Å². The summed E-state index contributed by atoms with van der Waals surface area (Å²) in [6.07, 6.45) is 11.1. The van der Waals surface area contributed by atoms with Crippen molar-refractivity contribution < 1.29 is 38.1 Å². The number of ether oxygens (including phenoxy) is 4. The van der Waals surface area contributed by atoms with Crippen molar-refractivity contribution in [2.45, 2.75) is 104 Å². The second-order valence-corrected chi connectivity index (χ2v) is 11.8. The standard InChI is InChI=1S/C38H46O8/c1-4-7-9-11-13-17-23-43-37(41)45-35-29-20-16-15-19-27(29)31-32(33(35)39)28-22-21-26(6-3)25-30(28)36(34(31)40)46-38(42)44-24-18-14-12-10-8-5-2/h15-16,19-22,25H,4-14,17-18,23-24H2,1-3H3. The third kappa shape index (κ3) is 8.53. The molecule has 46 heavy (non-hydrogen) atoms. The molecule has 0 aliphatic heterocycles. The summed E-state index contributed by atoms with van der Waals surface area (Å²) in [7, 11) is 0. The van der Waals surface area contributed by atoms with Gasteiger partial charge in [-0.15, -0.1) is 0 Å². The van der Waals surface area contributed by atoms with Crippen LogP contribution in [0.15, 0.2) is 42.5 Å². The highest BCUT2D eigenvalue weighted by Crippen LogP contribution is 2.26. The van der Waals surface area contributed by atoms with E-state index in [1.54, 1.807) is 36.4 Å². The molecule has 0 unspecified atom stereocenters. The fraction of sp³-hybridized carbons (Fsp3) is 0.474. The summed E-state index contributed by atoms with van der Waals surface area (Å²) in [5, 5.41) is 1.41. The van der Waals surface area contributed by atoms with Crippen LogP contribution in [0.3, 0.4) is 0 Å². The van der Waals surface area contributed by atoms with Crippen molar-refractivity contribution in [1.29, 1.82) is 0 Å². The molecule has 0 atom stereocenters. The Kier molecular flexibility index (Phi) is 13.2. The second kappa shape index (κ2) is 17.5. The van der Waals surface area contributed by atoms with Crippen LogP contribution < -0.4 is 20.9 Å². The van der Waals surface area contributed by atoms with Gasteiger partial charge in [-0.1, -0.05) is 121 Å². The van der Waals surface area contributed by atoms with Crippen molar-refractivity contribution in [3.63, 3.8) is 0 Å². The summed E-state index contributed by atoms with van der Waals surface area (Å²) in [4.78, 5) is 53.7. The van der Waals surface area contributed by atoms with E-state index in [1.165, 1.54) is 12.8 Å². The zero-order valence-corrected chi connectivity index (χ0v) is 27.4. The lowest BCUT2D eigenvalue weighted by molar-refractivity contribution is -0.112. The highest BCUT2D eigenvalue weighted by Gasteiger charge is 2.37. The van der Waals surface area contributed by atoms with E-state index < -0.39 is 23.9 Å². The van der Waals surface area contributed by atoms with E-state index in [4.69, 9.17) is 18.9 Å². The van der Waals surface area contributed by atoms with E-state index in [0.29, 0.717) is 34.9 Å². The lowest BCUT2D eigenvalue weighted by Gasteiger charge is -2.22. The fourth-order valence-corrected chi connectivity index (χ4v) is 5.83. The fourth-order valence-electron chi connectivity index (χ4n) is 5.83. The van der Waals surface area contributed by atoms with Crippen LogP contribution in [0.5, 0.6) is 0 Å². The smallest absolute Gasteiger partial charge is 0.434 e. The third-order valence-electron chi connectivity index (χ3n) is 8.37. The van der Waals surface area contributed by atoms with Crippen molar-refractivity contribution >= 4 is 46.5 Å². The van der Waals surface area contributed by atoms with Crippen molar-refractivity contribution in [3.05, 3.63) is 68.9 Å². The molecule has 246 valence electrons. The molecule has 0 bridgehead atoms. The first-order valence-corrected chi connectivity index (χ1v) is 16.9. The number of rotatable bonds is 17. The number of ketones is 2. The Balaban J connectivity index is 1.64. The van der Waals surface area contributed by atoms with Crippen molar-refractivity contribution in [2.24, 2.45) is 0 Å². The minimum atomic E-state index is -0.969. The molecule has 0 spiro atoms. The number of fused-ring (bicyclic) bond motifs is 3. The molecule has 0 heterocycles. The van der Waals surface area contributed by atoms with Gasteiger partial charge >= 0.3 is 12.3 Å². The molecule has 8 heteroatoms. The Morgan fingerprint density at radius 1 is 0.543 bits per heavy atom.